The normalized spacial score (nSPS) is 22.8. The van der Waals surface area contributed by atoms with E-state index in [9.17, 15) is 4.79 Å². The third kappa shape index (κ3) is 6.98. The predicted octanol–water partition coefficient (Wildman–Crippen LogP) is 3.47. The number of hydrogen-bond acceptors (Lipinski definition) is 5. The van der Waals surface area contributed by atoms with Crippen LogP contribution in [-0.4, -0.2) is 46.0 Å². The molecule has 144 valence electrons. The van der Waals surface area contributed by atoms with Crippen molar-refractivity contribution in [3.05, 3.63) is 46.7 Å². The number of halogens is 1. The third-order valence-electron chi connectivity index (χ3n) is 4.38. The molecule has 5 nitrogen and oxygen atoms in total. The number of carbonyl (C=O) groups is 1. The van der Waals surface area contributed by atoms with Gasteiger partial charge in [-0.15, -0.1) is 0 Å². The zero-order valence-corrected chi connectivity index (χ0v) is 16.3. The minimum absolute atomic E-state index is 0.208. The van der Waals surface area contributed by atoms with Crippen LogP contribution in [0.1, 0.15) is 25.7 Å². The molecule has 2 aliphatic carbocycles. The van der Waals surface area contributed by atoms with Gasteiger partial charge in [-0.25, -0.2) is 0 Å². The first-order chi connectivity index (χ1) is 12.6. The van der Waals surface area contributed by atoms with Gasteiger partial charge in [-0.1, -0.05) is 35.9 Å². The standard InChI is InChI=1S/C20H28ClNO4/c1-24-9-8-22-18-11-15(10-17(21)13-18)14-26-19-7-5-3-4-6-16(19)12-20(23)25-2/h4-7,13,15,18,22H,3,8-12,14H2,1-2H3/t15-,18?/m1/s1. The van der Waals surface area contributed by atoms with Crippen molar-refractivity contribution in [1.29, 1.82) is 0 Å². The van der Waals surface area contributed by atoms with Gasteiger partial charge < -0.3 is 19.5 Å². The largest absolute Gasteiger partial charge is 0.493 e. The van der Waals surface area contributed by atoms with Gasteiger partial charge in [0, 0.05) is 30.3 Å². The van der Waals surface area contributed by atoms with E-state index in [4.69, 9.17) is 25.8 Å². The van der Waals surface area contributed by atoms with Crippen molar-refractivity contribution in [1.82, 2.24) is 5.32 Å². The Bertz CT molecular complexity index is 595. The predicted molar refractivity (Wildman–Crippen MR) is 103 cm³/mol. The molecule has 2 rings (SSSR count). The van der Waals surface area contributed by atoms with Crippen molar-refractivity contribution < 1.29 is 19.0 Å². The van der Waals surface area contributed by atoms with Crippen LogP contribution in [0.25, 0.3) is 0 Å². The van der Waals surface area contributed by atoms with Crippen molar-refractivity contribution in [2.75, 3.05) is 34.0 Å². The van der Waals surface area contributed by atoms with Crippen molar-refractivity contribution in [3.63, 3.8) is 0 Å². The second kappa shape index (κ2) is 11.2. The molecule has 1 unspecified atom stereocenters. The van der Waals surface area contributed by atoms with Gasteiger partial charge in [0.05, 0.1) is 26.7 Å². The number of esters is 1. The first-order valence-electron chi connectivity index (χ1n) is 8.96. The first kappa shape index (κ1) is 20.7. The van der Waals surface area contributed by atoms with Gasteiger partial charge in [0.15, 0.2) is 0 Å². The molecular formula is C20H28ClNO4. The second-order valence-corrected chi connectivity index (χ2v) is 6.95. The van der Waals surface area contributed by atoms with E-state index in [1.165, 1.54) is 7.11 Å². The summed E-state index contributed by atoms with van der Waals surface area (Å²) < 4.78 is 15.9. The maximum absolute atomic E-state index is 11.6. The molecule has 0 aromatic carbocycles. The van der Waals surface area contributed by atoms with Crippen molar-refractivity contribution in [2.45, 2.75) is 31.7 Å². The summed E-state index contributed by atoms with van der Waals surface area (Å²) in [5.41, 5.74) is 0.845. The zero-order chi connectivity index (χ0) is 18.8. The Kier molecular flexibility index (Phi) is 8.95. The fraction of sp³-hybridized carbons (Fsp3) is 0.550. The molecule has 0 saturated heterocycles. The summed E-state index contributed by atoms with van der Waals surface area (Å²) in [6.45, 7) is 2.02. The topological polar surface area (TPSA) is 56.8 Å². The number of methoxy groups -OCH3 is 2. The van der Waals surface area contributed by atoms with Crippen LogP contribution in [-0.2, 0) is 19.0 Å². The van der Waals surface area contributed by atoms with E-state index in [1.54, 1.807) is 7.11 Å². The molecule has 0 bridgehead atoms. The van der Waals surface area contributed by atoms with Crippen LogP contribution >= 0.6 is 11.6 Å². The highest BCUT2D eigenvalue weighted by Gasteiger charge is 2.23. The van der Waals surface area contributed by atoms with E-state index in [0.717, 1.165) is 42.2 Å². The molecule has 0 saturated carbocycles. The number of hydrogen-bond donors (Lipinski definition) is 1. The Hall–Kier alpha value is -1.56. The third-order valence-corrected chi connectivity index (χ3v) is 4.66. The van der Waals surface area contributed by atoms with Gasteiger partial charge in [-0.05, 0) is 31.3 Å². The lowest BCUT2D eigenvalue weighted by Crippen LogP contribution is -2.35. The molecular weight excluding hydrogens is 354 g/mol. The zero-order valence-electron chi connectivity index (χ0n) is 15.5. The van der Waals surface area contributed by atoms with Crippen molar-refractivity contribution in [3.8, 4) is 0 Å². The summed E-state index contributed by atoms with van der Waals surface area (Å²) in [6, 6.07) is 0.230. The lowest BCUT2D eigenvalue weighted by Gasteiger charge is -2.27. The molecule has 0 aromatic heterocycles. The van der Waals surface area contributed by atoms with Crippen LogP contribution in [0.3, 0.4) is 0 Å². The van der Waals surface area contributed by atoms with Gasteiger partial charge in [0.25, 0.3) is 0 Å². The molecule has 0 fully saturated rings. The summed E-state index contributed by atoms with van der Waals surface area (Å²) >= 11 is 6.32. The second-order valence-electron chi connectivity index (χ2n) is 6.47. The molecule has 0 heterocycles. The van der Waals surface area contributed by atoms with E-state index in [-0.39, 0.29) is 18.4 Å². The van der Waals surface area contributed by atoms with E-state index < -0.39 is 0 Å². The minimum Gasteiger partial charge on any atom is -0.493 e. The summed E-state index contributed by atoms with van der Waals surface area (Å²) in [5.74, 6) is 0.783. The SMILES string of the molecule is COCCNC1C=C(Cl)C[C@@H](COC2=C(CC(=O)OC)C=CCC=C2)C1. The van der Waals surface area contributed by atoms with Gasteiger partial charge >= 0.3 is 5.97 Å². The van der Waals surface area contributed by atoms with E-state index in [1.807, 2.05) is 24.3 Å². The highest BCUT2D eigenvalue weighted by Crippen LogP contribution is 2.28. The van der Waals surface area contributed by atoms with Crippen LogP contribution in [0.2, 0.25) is 0 Å². The minimum atomic E-state index is -0.271. The van der Waals surface area contributed by atoms with Crippen LogP contribution in [0, 0.1) is 5.92 Å². The maximum atomic E-state index is 11.6. The summed E-state index contributed by atoms with van der Waals surface area (Å²) in [5, 5.41) is 4.29. The Labute approximate surface area is 160 Å². The van der Waals surface area contributed by atoms with Crippen LogP contribution < -0.4 is 5.32 Å². The van der Waals surface area contributed by atoms with Gasteiger partial charge in [0.2, 0.25) is 0 Å². The van der Waals surface area contributed by atoms with Gasteiger partial charge in [-0.3, -0.25) is 4.79 Å². The molecule has 2 atom stereocenters. The monoisotopic (exact) mass is 381 g/mol. The number of carbonyl (C=O) groups excluding carboxylic acids is 1. The van der Waals surface area contributed by atoms with Crippen molar-refractivity contribution >= 4 is 17.6 Å². The molecule has 6 heteroatoms. The van der Waals surface area contributed by atoms with Gasteiger partial charge in [0.1, 0.15) is 5.76 Å². The number of rotatable bonds is 9. The molecule has 26 heavy (non-hydrogen) atoms. The highest BCUT2D eigenvalue weighted by atomic mass is 35.5. The average Bonchev–Trinajstić information content (AvgIpc) is 2.85. The van der Waals surface area contributed by atoms with E-state index in [0.29, 0.717) is 19.1 Å². The summed E-state index contributed by atoms with van der Waals surface area (Å²) in [4.78, 5) is 11.6. The van der Waals surface area contributed by atoms with E-state index in [2.05, 4.69) is 11.4 Å². The fourth-order valence-corrected chi connectivity index (χ4v) is 3.43. The van der Waals surface area contributed by atoms with E-state index >= 15 is 0 Å². The fourth-order valence-electron chi connectivity index (χ4n) is 3.06. The average molecular weight is 382 g/mol. The summed E-state index contributed by atoms with van der Waals surface area (Å²) in [6.07, 6.45) is 12.8. The molecule has 0 radical (unpaired) electrons. The maximum Gasteiger partial charge on any atom is 0.310 e. The van der Waals surface area contributed by atoms with Crippen LogP contribution in [0.4, 0.5) is 0 Å². The smallest absolute Gasteiger partial charge is 0.310 e. The first-order valence-corrected chi connectivity index (χ1v) is 9.34. The molecule has 0 spiro atoms. The lowest BCUT2D eigenvalue weighted by molar-refractivity contribution is -0.139. The number of allylic oxidation sites excluding steroid dienone is 5. The Morgan fingerprint density at radius 1 is 1.31 bits per heavy atom. The Morgan fingerprint density at radius 2 is 2.12 bits per heavy atom. The number of nitrogens with one attached hydrogen (secondary N) is 1. The quantitative estimate of drug-likeness (QED) is 0.489. The molecule has 2 aliphatic rings. The lowest BCUT2D eigenvalue weighted by atomic mass is 9.91. The van der Waals surface area contributed by atoms with Crippen LogP contribution in [0.15, 0.2) is 46.7 Å². The van der Waals surface area contributed by atoms with Crippen molar-refractivity contribution in [2.24, 2.45) is 5.92 Å². The Balaban J connectivity index is 1.95. The molecule has 0 amide bonds. The Morgan fingerprint density at radius 3 is 2.88 bits per heavy atom. The molecule has 1 N–H and O–H groups in total. The highest BCUT2D eigenvalue weighted by molar-refractivity contribution is 6.29. The van der Waals surface area contributed by atoms with Gasteiger partial charge in [-0.2, -0.15) is 0 Å². The molecule has 0 aromatic rings. The molecule has 0 aliphatic heterocycles. The summed E-state index contributed by atoms with van der Waals surface area (Å²) in [7, 11) is 3.09. The number of ether oxygens (including phenoxy) is 3. The van der Waals surface area contributed by atoms with Crippen LogP contribution in [0.5, 0.6) is 0 Å².